The van der Waals surface area contributed by atoms with Crippen LogP contribution in [0, 0.1) is 5.95 Å². The molecule has 0 aliphatic rings. The van der Waals surface area contributed by atoms with Gasteiger partial charge in [-0.05, 0) is 39.7 Å². The maximum Gasteiger partial charge on any atom is 0.407 e. The van der Waals surface area contributed by atoms with E-state index in [0.717, 1.165) is 6.07 Å². The smallest absolute Gasteiger partial charge is 0.407 e. The first kappa shape index (κ1) is 19.9. The molecule has 1 rings (SSSR count). The summed E-state index contributed by atoms with van der Waals surface area (Å²) in [6.45, 7) is 9.37. The minimum Gasteiger partial charge on any atom is -0.444 e. The van der Waals surface area contributed by atoms with Crippen LogP contribution in [0.4, 0.5) is 9.18 Å². The SMILES string of the molecule is CCC(CC)(CNC(=O)OC(C)(C)C)NC(=O)c1ccnc(F)c1. The number of nitrogens with zero attached hydrogens (tertiary/aromatic N) is 1. The van der Waals surface area contributed by atoms with Gasteiger partial charge in [-0.2, -0.15) is 4.39 Å². The Balaban J connectivity index is 2.77. The van der Waals surface area contributed by atoms with Gasteiger partial charge in [0.05, 0.1) is 5.54 Å². The van der Waals surface area contributed by atoms with Crippen LogP contribution in [0.5, 0.6) is 0 Å². The fourth-order valence-electron chi connectivity index (χ4n) is 2.13. The first-order valence-electron chi connectivity index (χ1n) is 8.02. The van der Waals surface area contributed by atoms with Gasteiger partial charge in [0.25, 0.3) is 5.91 Å². The van der Waals surface area contributed by atoms with Gasteiger partial charge in [-0.1, -0.05) is 13.8 Å². The molecule has 7 heteroatoms. The first-order valence-corrected chi connectivity index (χ1v) is 8.02. The topological polar surface area (TPSA) is 80.3 Å². The lowest BCUT2D eigenvalue weighted by Crippen LogP contribution is -2.55. The van der Waals surface area contributed by atoms with Crippen molar-refractivity contribution in [1.29, 1.82) is 0 Å². The molecule has 0 aliphatic carbocycles. The first-order chi connectivity index (χ1) is 11.1. The predicted molar refractivity (Wildman–Crippen MR) is 89.2 cm³/mol. The van der Waals surface area contributed by atoms with Crippen molar-refractivity contribution in [2.45, 2.75) is 58.6 Å². The Morgan fingerprint density at radius 2 is 1.88 bits per heavy atom. The fraction of sp³-hybridized carbons (Fsp3) is 0.588. The molecule has 134 valence electrons. The number of ether oxygens (including phenoxy) is 1. The van der Waals surface area contributed by atoms with Crippen molar-refractivity contribution in [3.8, 4) is 0 Å². The Bertz CT molecular complexity index is 581. The zero-order valence-electron chi connectivity index (χ0n) is 14.9. The van der Waals surface area contributed by atoms with Crippen LogP contribution in [0.15, 0.2) is 18.3 Å². The third-order valence-electron chi connectivity index (χ3n) is 3.69. The maximum atomic E-state index is 13.2. The van der Waals surface area contributed by atoms with Gasteiger partial charge in [0, 0.05) is 24.4 Å². The van der Waals surface area contributed by atoms with Gasteiger partial charge >= 0.3 is 6.09 Å². The van der Waals surface area contributed by atoms with E-state index in [9.17, 15) is 14.0 Å². The van der Waals surface area contributed by atoms with Crippen molar-refractivity contribution >= 4 is 12.0 Å². The highest BCUT2D eigenvalue weighted by Gasteiger charge is 2.30. The molecule has 1 aromatic rings. The second-order valence-corrected chi connectivity index (χ2v) is 6.66. The van der Waals surface area contributed by atoms with Crippen LogP contribution in [-0.2, 0) is 4.74 Å². The van der Waals surface area contributed by atoms with Gasteiger partial charge in [-0.15, -0.1) is 0 Å². The van der Waals surface area contributed by atoms with Crippen LogP contribution < -0.4 is 10.6 Å². The number of hydrogen-bond acceptors (Lipinski definition) is 4. The van der Waals surface area contributed by atoms with Gasteiger partial charge < -0.3 is 15.4 Å². The summed E-state index contributed by atoms with van der Waals surface area (Å²) in [7, 11) is 0. The van der Waals surface area contributed by atoms with Crippen molar-refractivity contribution in [2.75, 3.05) is 6.54 Å². The molecule has 6 nitrogen and oxygen atoms in total. The van der Waals surface area contributed by atoms with E-state index in [1.165, 1.54) is 12.3 Å². The molecule has 0 aromatic carbocycles. The van der Waals surface area contributed by atoms with Crippen LogP contribution in [-0.4, -0.2) is 34.7 Å². The number of alkyl carbamates (subject to hydrolysis) is 1. The molecule has 0 aliphatic heterocycles. The summed E-state index contributed by atoms with van der Waals surface area (Å²) in [5.74, 6) is -1.13. The van der Waals surface area contributed by atoms with Gasteiger partial charge in [0.1, 0.15) is 5.60 Å². The lowest BCUT2D eigenvalue weighted by Gasteiger charge is -2.33. The van der Waals surface area contributed by atoms with E-state index >= 15 is 0 Å². The predicted octanol–water partition coefficient (Wildman–Crippen LogP) is 3.03. The van der Waals surface area contributed by atoms with Crippen molar-refractivity contribution in [1.82, 2.24) is 15.6 Å². The van der Waals surface area contributed by atoms with E-state index < -0.39 is 29.1 Å². The summed E-state index contributed by atoms with van der Waals surface area (Å²) in [6.07, 6.45) is 1.89. The van der Waals surface area contributed by atoms with E-state index in [-0.39, 0.29) is 12.1 Å². The van der Waals surface area contributed by atoms with Crippen LogP contribution in [0.25, 0.3) is 0 Å². The number of nitrogens with one attached hydrogen (secondary N) is 2. The van der Waals surface area contributed by atoms with Crippen molar-refractivity contribution in [2.24, 2.45) is 0 Å². The maximum absolute atomic E-state index is 13.2. The molecule has 0 saturated carbocycles. The minimum absolute atomic E-state index is 0.186. The number of pyridine rings is 1. The highest BCUT2D eigenvalue weighted by Crippen LogP contribution is 2.16. The van der Waals surface area contributed by atoms with E-state index in [4.69, 9.17) is 4.74 Å². The molecule has 0 spiro atoms. The summed E-state index contributed by atoms with van der Waals surface area (Å²) >= 11 is 0. The van der Waals surface area contributed by atoms with Crippen LogP contribution in [0.1, 0.15) is 57.8 Å². The second-order valence-electron chi connectivity index (χ2n) is 6.66. The average molecular weight is 339 g/mol. The molecule has 2 N–H and O–H groups in total. The monoisotopic (exact) mass is 339 g/mol. The number of amides is 2. The summed E-state index contributed by atoms with van der Waals surface area (Å²) in [5.41, 5.74) is -1.05. The molecular formula is C17H26FN3O3. The van der Waals surface area contributed by atoms with Crippen molar-refractivity contribution < 1.29 is 18.7 Å². The zero-order valence-corrected chi connectivity index (χ0v) is 14.9. The Labute approximate surface area is 142 Å². The van der Waals surface area contributed by atoms with E-state index in [1.807, 2.05) is 13.8 Å². The Hall–Kier alpha value is -2.18. The molecule has 1 heterocycles. The molecule has 1 aromatic heterocycles. The molecule has 24 heavy (non-hydrogen) atoms. The molecule has 0 atom stereocenters. The molecule has 0 fully saturated rings. The number of halogens is 1. The van der Waals surface area contributed by atoms with Gasteiger partial charge in [0.15, 0.2) is 0 Å². The summed E-state index contributed by atoms with van der Waals surface area (Å²) in [4.78, 5) is 27.6. The van der Waals surface area contributed by atoms with Gasteiger partial charge in [0.2, 0.25) is 5.95 Å². The number of carbonyl (C=O) groups is 2. The average Bonchev–Trinajstić information content (AvgIpc) is 2.49. The second kappa shape index (κ2) is 8.08. The molecule has 0 saturated heterocycles. The zero-order chi connectivity index (χ0) is 18.4. The van der Waals surface area contributed by atoms with E-state index in [1.54, 1.807) is 20.8 Å². The number of aromatic nitrogens is 1. The molecule has 0 bridgehead atoms. The molecule has 0 radical (unpaired) electrons. The third-order valence-corrected chi connectivity index (χ3v) is 3.69. The lowest BCUT2D eigenvalue weighted by molar-refractivity contribution is 0.0502. The third kappa shape index (κ3) is 6.14. The van der Waals surface area contributed by atoms with Crippen molar-refractivity contribution in [3.63, 3.8) is 0 Å². The molecule has 2 amide bonds. The Kier molecular flexibility index (Phi) is 6.69. The van der Waals surface area contributed by atoms with Gasteiger partial charge in [-0.3, -0.25) is 4.79 Å². The molecular weight excluding hydrogens is 313 g/mol. The van der Waals surface area contributed by atoms with Crippen LogP contribution in [0.3, 0.4) is 0 Å². The summed E-state index contributed by atoms with van der Waals surface area (Å²) in [6, 6.07) is 2.52. The number of hydrogen-bond donors (Lipinski definition) is 2. The Morgan fingerprint density at radius 3 is 2.38 bits per heavy atom. The van der Waals surface area contributed by atoms with Crippen molar-refractivity contribution in [3.05, 3.63) is 29.8 Å². The van der Waals surface area contributed by atoms with Gasteiger partial charge in [-0.25, -0.2) is 9.78 Å². The molecule has 0 unspecified atom stereocenters. The van der Waals surface area contributed by atoms with E-state index in [2.05, 4.69) is 15.6 Å². The Morgan fingerprint density at radius 1 is 1.25 bits per heavy atom. The number of rotatable bonds is 6. The lowest BCUT2D eigenvalue weighted by atomic mass is 9.92. The van der Waals surface area contributed by atoms with Crippen LogP contribution in [0.2, 0.25) is 0 Å². The normalized spacial score (nSPS) is 11.8. The highest BCUT2D eigenvalue weighted by molar-refractivity contribution is 5.94. The quantitative estimate of drug-likeness (QED) is 0.781. The van der Waals surface area contributed by atoms with Crippen LogP contribution >= 0.6 is 0 Å². The van der Waals surface area contributed by atoms with E-state index in [0.29, 0.717) is 12.8 Å². The summed E-state index contributed by atoms with van der Waals surface area (Å²) < 4.78 is 18.4. The minimum atomic E-state index is -0.715. The largest absolute Gasteiger partial charge is 0.444 e. The summed E-state index contributed by atoms with van der Waals surface area (Å²) in [5, 5.41) is 5.58. The highest BCUT2D eigenvalue weighted by atomic mass is 19.1. The number of carbonyl (C=O) groups excluding carboxylic acids is 2. The standard InChI is InChI=1S/C17H26FN3O3/c1-6-17(7-2,11-20-15(23)24-16(3,4)5)21-14(22)12-8-9-19-13(18)10-12/h8-10H,6-7,11H2,1-5H3,(H,20,23)(H,21,22). The fourth-order valence-corrected chi connectivity index (χ4v) is 2.13.